The van der Waals surface area contributed by atoms with Crippen LogP contribution in [0.1, 0.15) is 43.4 Å². The van der Waals surface area contributed by atoms with Crippen LogP contribution in [0.2, 0.25) is 0 Å². The van der Waals surface area contributed by atoms with Gasteiger partial charge in [0.25, 0.3) is 5.56 Å². The number of benzene rings is 1. The predicted octanol–water partition coefficient (Wildman–Crippen LogP) is 2.79. The summed E-state index contributed by atoms with van der Waals surface area (Å²) in [6.45, 7) is 4.02. The van der Waals surface area contributed by atoms with Crippen LogP contribution in [0, 0.1) is 0 Å². The fourth-order valence-electron chi connectivity index (χ4n) is 3.60. The summed E-state index contributed by atoms with van der Waals surface area (Å²) in [7, 11) is 1.77. The second kappa shape index (κ2) is 5.58. The molecule has 25 heavy (non-hydrogen) atoms. The van der Waals surface area contributed by atoms with Crippen LogP contribution in [0.5, 0.6) is 0 Å². The van der Waals surface area contributed by atoms with Gasteiger partial charge < -0.3 is 9.88 Å². The first-order valence-electron chi connectivity index (χ1n) is 8.43. The minimum absolute atomic E-state index is 0.0679. The maximum absolute atomic E-state index is 12.9. The van der Waals surface area contributed by atoms with Crippen molar-refractivity contribution in [2.75, 3.05) is 5.32 Å². The molecule has 0 saturated carbocycles. The highest BCUT2D eigenvalue weighted by molar-refractivity contribution is 5.94. The molecule has 0 spiro atoms. The number of carbonyl (C=O) groups is 1. The number of carbonyl (C=O) groups excluding carboxylic acids is 1. The normalized spacial score (nSPS) is 17.0. The molecular weight excluding hydrogens is 316 g/mol. The molecule has 0 fully saturated rings. The van der Waals surface area contributed by atoms with E-state index in [1.165, 1.54) is 0 Å². The van der Waals surface area contributed by atoms with Gasteiger partial charge in [-0.1, -0.05) is 18.2 Å². The van der Waals surface area contributed by atoms with Gasteiger partial charge in [-0.2, -0.15) is 5.10 Å². The largest absolute Gasteiger partial charge is 0.311 e. The first-order valence-corrected chi connectivity index (χ1v) is 8.43. The van der Waals surface area contributed by atoms with E-state index >= 15 is 0 Å². The van der Waals surface area contributed by atoms with Crippen LogP contribution >= 0.6 is 0 Å². The van der Waals surface area contributed by atoms with Crippen molar-refractivity contribution in [3.63, 3.8) is 0 Å². The Balaban J connectivity index is 1.95. The lowest BCUT2D eigenvalue weighted by atomic mass is 9.87. The summed E-state index contributed by atoms with van der Waals surface area (Å²) in [6, 6.07) is 9.82. The molecule has 0 saturated heterocycles. The van der Waals surface area contributed by atoms with E-state index < -0.39 is 0 Å². The molecule has 0 bridgehead atoms. The van der Waals surface area contributed by atoms with E-state index in [0.717, 1.165) is 16.5 Å². The van der Waals surface area contributed by atoms with Gasteiger partial charge in [0, 0.05) is 36.6 Å². The zero-order valence-corrected chi connectivity index (χ0v) is 14.5. The van der Waals surface area contributed by atoms with Crippen molar-refractivity contribution in [1.29, 1.82) is 0 Å². The Morgan fingerprint density at radius 3 is 2.72 bits per heavy atom. The van der Waals surface area contributed by atoms with Gasteiger partial charge in [-0.05, 0) is 31.4 Å². The van der Waals surface area contributed by atoms with Gasteiger partial charge in [0.05, 0.1) is 11.7 Å². The second-order valence-electron chi connectivity index (χ2n) is 6.81. The number of aryl methyl sites for hydroxylation is 1. The molecule has 1 aromatic carbocycles. The summed E-state index contributed by atoms with van der Waals surface area (Å²) in [5.74, 6) is 0.334. The molecule has 0 aliphatic carbocycles. The quantitative estimate of drug-likeness (QED) is 0.782. The van der Waals surface area contributed by atoms with Gasteiger partial charge in [-0.3, -0.25) is 9.59 Å². The summed E-state index contributed by atoms with van der Waals surface area (Å²) >= 11 is 0. The number of rotatable bonds is 2. The van der Waals surface area contributed by atoms with Crippen molar-refractivity contribution >= 4 is 22.6 Å². The number of nitrogens with one attached hydrogen (secondary N) is 1. The highest BCUT2D eigenvalue weighted by atomic mass is 16.2. The van der Waals surface area contributed by atoms with Crippen molar-refractivity contribution in [3.05, 3.63) is 58.0 Å². The number of aromatic nitrogens is 3. The van der Waals surface area contributed by atoms with Crippen molar-refractivity contribution in [2.24, 2.45) is 7.05 Å². The molecule has 1 amide bonds. The molecule has 1 aliphatic rings. The Kier molecular flexibility index (Phi) is 3.49. The van der Waals surface area contributed by atoms with Crippen LogP contribution in [0.3, 0.4) is 0 Å². The zero-order chi connectivity index (χ0) is 17.7. The summed E-state index contributed by atoms with van der Waals surface area (Å²) in [4.78, 5) is 25.2. The fraction of sp³-hybridized carbons (Fsp3) is 0.316. The topological polar surface area (TPSA) is 68.9 Å². The number of hydrogen-bond acceptors (Lipinski definition) is 3. The molecule has 1 N–H and O–H groups in total. The van der Waals surface area contributed by atoms with E-state index in [4.69, 9.17) is 0 Å². The van der Waals surface area contributed by atoms with Gasteiger partial charge in [0.2, 0.25) is 5.91 Å². The van der Waals surface area contributed by atoms with Crippen molar-refractivity contribution in [3.8, 4) is 0 Å². The van der Waals surface area contributed by atoms with Gasteiger partial charge in [0.1, 0.15) is 5.82 Å². The Bertz CT molecular complexity index is 1050. The number of pyridine rings is 1. The summed E-state index contributed by atoms with van der Waals surface area (Å²) < 4.78 is 3.45. The maximum atomic E-state index is 12.9. The Morgan fingerprint density at radius 2 is 1.96 bits per heavy atom. The summed E-state index contributed by atoms with van der Waals surface area (Å²) in [6.07, 6.45) is 2.03. The lowest BCUT2D eigenvalue weighted by Gasteiger charge is -2.24. The number of amides is 1. The average molecular weight is 336 g/mol. The number of fused-ring (bicyclic) bond motifs is 2. The molecule has 6 heteroatoms. The maximum Gasteiger partial charge on any atom is 0.254 e. The summed E-state index contributed by atoms with van der Waals surface area (Å²) in [5.41, 5.74) is 2.36. The molecule has 2 aromatic heterocycles. The second-order valence-corrected chi connectivity index (χ2v) is 6.81. The Labute approximate surface area is 145 Å². The minimum atomic E-state index is -0.278. The van der Waals surface area contributed by atoms with Crippen LogP contribution in [0.15, 0.2) is 41.3 Å². The molecule has 128 valence electrons. The van der Waals surface area contributed by atoms with Gasteiger partial charge in [0.15, 0.2) is 0 Å². The first-order chi connectivity index (χ1) is 12.0. The van der Waals surface area contributed by atoms with Crippen LogP contribution in [-0.2, 0) is 11.8 Å². The smallest absolute Gasteiger partial charge is 0.254 e. The Morgan fingerprint density at radius 1 is 1.20 bits per heavy atom. The molecule has 0 radical (unpaired) electrons. The molecule has 1 aliphatic heterocycles. The van der Waals surface area contributed by atoms with E-state index in [9.17, 15) is 9.59 Å². The molecule has 3 aromatic rings. The summed E-state index contributed by atoms with van der Waals surface area (Å²) in [5, 5.41) is 8.32. The van der Waals surface area contributed by atoms with Crippen LogP contribution in [0.25, 0.3) is 10.9 Å². The SMILES string of the molecule is CC(C)n1ncc2c1NC(=O)CC2c1cc2ccccc2n(C)c1=O. The number of anilines is 1. The van der Waals surface area contributed by atoms with E-state index in [1.54, 1.807) is 22.5 Å². The first kappa shape index (κ1) is 15.6. The fourth-order valence-corrected chi connectivity index (χ4v) is 3.60. The monoisotopic (exact) mass is 336 g/mol. The Hall–Kier alpha value is -2.89. The van der Waals surface area contributed by atoms with Crippen molar-refractivity contribution < 1.29 is 4.79 Å². The van der Waals surface area contributed by atoms with E-state index in [1.807, 2.05) is 44.2 Å². The molecule has 1 atom stereocenters. The highest BCUT2D eigenvalue weighted by Crippen LogP contribution is 2.37. The number of hydrogen-bond donors (Lipinski definition) is 1. The van der Waals surface area contributed by atoms with Crippen molar-refractivity contribution in [2.45, 2.75) is 32.2 Å². The third kappa shape index (κ3) is 2.36. The van der Waals surface area contributed by atoms with Gasteiger partial charge >= 0.3 is 0 Å². The molecular formula is C19H20N4O2. The number of para-hydroxylation sites is 1. The predicted molar refractivity (Wildman–Crippen MR) is 96.9 cm³/mol. The molecule has 4 rings (SSSR count). The molecule has 6 nitrogen and oxygen atoms in total. The minimum Gasteiger partial charge on any atom is -0.311 e. The van der Waals surface area contributed by atoms with Gasteiger partial charge in [-0.25, -0.2) is 4.68 Å². The lowest BCUT2D eigenvalue weighted by molar-refractivity contribution is -0.116. The van der Waals surface area contributed by atoms with Crippen LogP contribution in [-0.4, -0.2) is 20.3 Å². The highest BCUT2D eigenvalue weighted by Gasteiger charge is 2.32. The van der Waals surface area contributed by atoms with E-state index in [-0.39, 0.29) is 29.8 Å². The molecule has 1 unspecified atom stereocenters. The van der Waals surface area contributed by atoms with Crippen molar-refractivity contribution in [1.82, 2.24) is 14.3 Å². The zero-order valence-electron chi connectivity index (χ0n) is 14.5. The lowest BCUT2D eigenvalue weighted by Crippen LogP contribution is -2.30. The van der Waals surface area contributed by atoms with E-state index in [0.29, 0.717) is 11.4 Å². The van der Waals surface area contributed by atoms with E-state index in [2.05, 4.69) is 10.4 Å². The molecule has 3 heterocycles. The third-order valence-electron chi connectivity index (χ3n) is 4.87. The third-order valence-corrected chi connectivity index (χ3v) is 4.87. The number of nitrogens with zero attached hydrogens (tertiary/aromatic N) is 3. The van der Waals surface area contributed by atoms with Crippen LogP contribution < -0.4 is 10.9 Å². The average Bonchev–Trinajstić information content (AvgIpc) is 3.01. The van der Waals surface area contributed by atoms with Crippen LogP contribution in [0.4, 0.5) is 5.82 Å². The standard InChI is InChI=1S/C19H20N4O2/c1-11(2)23-18-15(10-20-23)13(9-17(24)21-18)14-8-12-6-4-5-7-16(12)22(3)19(14)25/h4-8,10-11,13H,9H2,1-3H3,(H,21,24). The van der Waals surface area contributed by atoms with Gasteiger partial charge in [-0.15, -0.1) is 0 Å².